The van der Waals surface area contributed by atoms with Crippen LogP contribution in [-0.4, -0.2) is 47.4 Å². The normalized spacial score (nSPS) is 23.2. The van der Waals surface area contributed by atoms with Gasteiger partial charge in [-0.3, -0.25) is 0 Å². The van der Waals surface area contributed by atoms with Crippen molar-refractivity contribution < 1.29 is 18.7 Å². The van der Waals surface area contributed by atoms with E-state index >= 15 is 0 Å². The fourth-order valence-electron chi connectivity index (χ4n) is 3.56. The lowest BCUT2D eigenvalue weighted by molar-refractivity contribution is 0.132. The Labute approximate surface area is 132 Å². The van der Waals surface area contributed by atoms with Crippen molar-refractivity contribution in [2.75, 3.05) is 26.8 Å². The van der Waals surface area contributed by atoms with E-state index in [1.165, 1.54) is 13.2 Å². The molecule has 1 saturated heterocycles. The Bertz CT molecular complexity index is 788. The molecule has 1 aromatic carbocycles. The molecule has 2 aromatic rings. The molecule has 1 amide bonds. The highest BCUT2D eigenvalue weighted by molar-refractivity contribution is 5.84. The van der Waals surface area contributed by atoms with Crippen LogP contribution in [0.15, 0.2) is 12.1 Å². The number of hydrogen-bond donors (Lipinski definition) is 0. The summed E-state index contributed by atoms with van der Waals surface area (Å²) < 4.78 is 26.7. The van der Waals surface area contributed by atoms with E-state index in [2.05, 4.69) is 9.55 Å². The van der Waals surface area contributed by atoms with Crippen LogP contribution in [0.5, 0.6) is 5.75 Å². The fourth-order valence-corrected chi connectivity index (χ4v) is 3.56. The second-order valence-corrected chi connectivity index (χ2v) is 6.14. The number of rotatable bonds is 1. The summed E-state index contributed by atoms with van der Waals surface area (Å²) >= 11 is 0. The molecule has 122 valence electrons. The Hall–Kier alpha value is -2.31. The van der Waals surface area contributed by atoms with Crippen LogP contribution in [0.4, 0.5) is 9.18 Å². The van der Waals surface area contributed by atoms with Gasteiger partial charge >= 0.3 is 6.09 Å². The molecule has 2 aliphatic heterocycles. The van der Waals surface area contributed by atoms with Crippen molar-refractivity contribution in [3.05, 3.63) is 23.8 Å². The Morgan fingerprint density at radius 3 is 3.09 bits per heavy atom. The van der Waals surface area contributed by atoms with Gasteiger partial charge in [0.1, 0.15) is 29.2 Å². The standard InChI is InChI=1S/C16H18FN3O3/c1-9-8-23-12-4-3-11(17)13-14(12)20(9)15(18-13)10-5-6-19(7-10)16(21)22-2/h3-4,9-10H,5-8H2,1-2H3/t9-,10-/m0/s1. The van der Waals surface area contributed by atoms with Gasteiger partial charge in [-0.25, -0.2) is 14.2 Å². The van der Waals surface area contributed by atoms with E-state index in [1.54, 1.807) is 11.0 Å². The molecule has 0 saturated carbocycles. The number of halogens is 1. The van der Waals surface area contributed by atoms with Gasteiger partial charge in [0.2, 0.25) is 0 Å². The highest BCUT2D eigenvalue weighted by atomic mass is 19.1. The van der Waals surface area contributed by atoms with Crippen LogP contribution in [0.2, 0.25) is 0 Å². The first kappa shape index (κ1) is 14.3. The molecular weight excluding hydrogens is 301 g/mol. The highest BCUT2D eigenvalue weighted by Crippen LogP contribution is 2.39. The van der Waals surface area contributed by atoms with Gasteiger partial charge in [-0.05, 0) is 25.5 Å². The molecule has 3 heterocycles. The molecule has 4 rings (SSSR count). The van der Waals surface area contributed by atoms with Crippen molar-refractivity contribution in [2.45, 2.75) is 25.3 Å². The number of imidazole rings is 1. The van der Waals surface area contributed by atoms with Crippen molar-refractivity contribution in [1.29, 1.82) is 0 Å². The average Bonchev–Trinajstić information content (AvgIpc) is 3.18. The summed E-state index contributed by atoms with van der Waals surface area (Å²) in [5.41, 5.74) is 1.07. The number of nitrogens with zero attached hydrogens (tertiary/aromatic N) is 3. The molecule has 2 aliphatic rings. The number of benzene rings is 1. The smallest absolute Gasteiger partial charge is 0.409 e. The summed E-state index contributed by atoms with van der Waals surface area (Å²) in [6.07, 6.45) is 0.466. The monoisotopic (exact) mass is 319 g/mol. The largest absolute Gasteiger partial charge is 0.489 e. The van der Waals surface area contributed by atoms with Crippen LogP contribution in [0.25, 0.3) is 11.0 Å². The first-order chi connectivity index (χ1) is 11.1. The van der Waals surface area contributed by atoms with Gasteiger partial charge in [0, 0.05) is 19.0 Å². The molecular formula is C16H18FN3O3. The summed E-state index contributed by atoms with van der Waals surface area (Å²) in [6, 6.07) is 3.13. The van der Waals surface area contributed by atoms with E-state index in [4.69, 9.17) is 9.47 Å². The third-order valence-electron chi connectivity index (χ3n) is 4.69. The Balaban J connectivity index is 1.80. The summed E-state index contributed by atoms with van der Waals surface area (Å²) in [5.74, 6) is 1.23. The molecule has 0 spiro atoms. The zero-order valence-electron chi connectivity index (χ0n) is 13.1. The minimum Gasteiger partial charge on any atom is -0.489 e. The first-order valence-corrected chi connectivity index (χ1v) is 7.76. The van der Waals surface area contributed by atoms with Gasteiger partial charge < -0.3 is 18.9 Å². The number of aromatic nitrogens is 2. The predicted molar refractivity (Wildman–Crippen MR) is 81.2 cm³/mol. The third kappa shape index (κ3) is 2.06. The molecule has 0 radical (unpaired) electrons. The predicted octanol–water partition coefficient (Wildman–Crippen LogP) is 2.68. The molecule has 1 aromatic heterocycles. The second kappa shape index (κ2) is 5.11. The average molecular weight is 319 g/mol. The molecule has 2 atom stereocenters. The van der Waals surface area contributed by atoms with E-state index in [9.17, 15) is 9.18 Å². The van der Waals surface area contributed by atoms with E-state index in [0.29, 0.717) is 31.0 Å². The molecule has 7 heteroatoms. The molecule has 0 aliphatic carbocycles. The molecule has 6 nitrogen and oxygen atoms in total. The Kier molecular flexibility index (Phi) is 3.18. The van der Waals surface area contributed by atoms with Crippen LogP contribution in [-0.2, 0) is 4.74 Å². The summed E-state index contributed by atoms with van der Waals surface area (Å²) in [7, 11) is 1.38. The lowest BCUT2D eigenvalue weighted by atomic mass is 10.1. The maximum atomic E-state index is 14.2. The van der Waals surface area contributed by atoms with Gasteiger partial charge in [-0.2, -0.15) is 0 Å². The third-order valence-corrected chi connectivity index (χ3v) is 4.69. The molecule has 0 N–H and O–H groups in total. The summed E-state index contributed by atoms with van der Waals surface area (Å²) in [4.78, 5) is 17.9. The van der Waals surface area contributed by atoms with Gasteiger partial charge in [-0.15, -0.1) is 0 Å². The van der Waals surface area contributed by atoms with Crippen molar-refractivity contribution in [1.82, 2.24) is 14.5 Å². The number of ether oxygens (including phenoxy) is 2. The second-order valence-electron chi connectivity index (χ2n) is 6.14. The van der Waals surface area contributed by atoms with Gasteiger partial charge in [0.25, 0.3) is 0 Å². The maximum Gasteiger partial charge on any atom is 0.409 e. The van der Waals surface area contributed by atoms with E-state index in [0.717, 1.165) is 17.8 Å². The summed E-state index contributed by atoms with van der Waals surface area (Å²) in [6.45, 7) is 3.73. The molecule has 0 bridgehead atoms. The Morgan fingerprint density at radius 1 is 1.48 bits per heavy atom. The van der Waals surface area contributed by atoms with Crippen LogP contribution in [0.3, 0.4) is 0 Å². The van der Waals surface area contributed by atoms with E-state index in [1.807, 2.05) is 6.92 Å². The zero-order chi connectivity index (χ0) is 16.1. The van der Waals surface area contributed by atoms with Crippen molar-refractivity contribution in [3.63, 3.8) is 0 Å². The fraction of sp³-hybridized carbons (Fsp3) is 0.500. The van der Waals surface area contributed by atoms with Crippen LogP contribution in [0.1, 0.15) is 31.1 Å². The van der Waals surface area contributed by atoms with Crippen molar-refractivity contribution in [3.8, 4) is 5.75 Å². The zero-order valence-corrected chi connectivity index (χ0v) is 13.1. The van der Waals surface area contributed by atoms with Crippen LogP contribution < -0.4 is 4.74 Å². The van der Waals surface area contributed by atoms with E-state index in [-0.39, 0.29) is 23.9 Å². The number of methoxy groups -OCH3 is 1. The lowest BCUT2D eigenvalue weighted by Gasteiger charge is -2.25. The van der Waals surface area contributed by atoms with Crippen molar-refractivity contribution >= 4 is 17.1 Å². The number of likely N-dealkylation sites (tertiary alicyclic amines) is 1. The summed E-state index contributed by atoms with van der Waals surface area (Å²) in [5, 5.41) is 0. The number of amides is 1. The molecule has 0 unspecified atom stereocenters. The van der Waals surface area contributed by atoms with Gasteiger partial charge in [-0.1, -0.05) is 0 Å². The quantitative estimate of drug-likeness (QED) is 0.811. The Morgan fingerprint density at radius 2 is 2.30 bits per heavy atom. The number of carbonyl (C=O) groups excluding carboxylic acids is 1. The topological polar surface area (TPSA) is 56.6 Å². The first-order valence-electron chi connectivity index (χ1n) is 7.76. The van der Waals surface area contributed by atoms with Gasteiger partial charge in [0.05, 0.1) is 13.2 Å². The molecule has 1 fully saturated rings. The molecule has 23 heavy (non-hydrogen) atoms. The van der Waals surface area contributed by atoms with Crippen LogP contribution in [0, 0.1) is 5.82 Å². The minimum absolute atomic E-state index is 0.0781. The van der Waals surface area contributed by atoms with Crippen molar-refractivity contribution in [2.24, 2.45) is 0 Å². The number of carbonyl (C=O) groups is 1. The number of hydrogen-bond acceptors (Lipinski definition) is 4. The van der Waals surface area contributed by atoms with Gasteiger partial charge in [0.15, 0.2) is 5.82 Å². The van der Waals surface area contributed by atoms with Crippen LogP contribution >= 0.6 is 0 Å². The maximum absolute atomic E-state index is 14.2. The minimum atomic E-state index is -0.343. The SMILES string of the molecule is COC(=O)N1CC[C@H](c2nc3c(F)ccc4c3n2[C@@H](C)CO4)C1. The van der Waals surface area contributed by atoms with E-state index < -0.39 is 0 Å². The lowest BCUT2D eigenvalue weighted by Crippen LogP contribution is -2.29. The highest BCUT2D eigenvalue weighted by Gasteiger charge is 2.34.